The highest BCUT2D eigenvalue weighted by molar-refractivity contribution is 5.85. The Labute approximate surface area is 134 Å². The summed E-state index contributed by atoms with van der Waals surface area (Å²) in [5.74, 6) is 0.964. The topological polar surface area (TPSA) is 12.5 Å². The zero-order chi connectivity index (χ0) is 14.2. The molecule has 0 aromatic heterocycles. The maximum absolute atomic E-state index is 5.98. The molecule has 2 nitrogen and oxygen atoms in total. The molecule has 0 aliphatic rings. The van der Waals surface area contributed by atoms with Gasteiger partial charge in [-0.05, 0) is 24.7 Å². The lowest BCUT2D eigenvalue weighted by atomic mass is 10.1. The van der Waals surface area contributed by atoms with E-state index < -0.39 is 0 Å². The molecule has 2 rings (SSSR count). The lowest BCUT2D eigenvalue weighted by Gasteiger charge is -2.19. The Morgan fingerprint density at radius 3 is 2.14 bits per heavy atom. The average molecular weight is 306 g/mol. The summed E-state index contributed by atoms with van der Waals surface area (Å²) in [6.45, 7) is 8.20. The fraction of sp³-hybridized carbons (Fsp3) is 0.333. The number of rotatable bonds is 7. The van der Waals surface area contributed by atoms with E-state index in [4.69, 9.17) is 4.74 Å². The molecule has 3 heteroatoms. The molecule has 0 aliphatic carbocycles. The second-order valence-corrected chi connectivity index (χ2v) is 4.74. The molecular weight excluding hydrogens is 282 g/mol. The Hall–Kier alpha value is -1.51. The Balaban J connectivity index is 0.00000220. The number of benzene rings is 2. The zero-order valence-corrected chi connectivity index (χ0v) is 13.6. The molecular formula is C18H24ClNO. The van der Waals surface area contributed by atoms with Crippen LogP contribution in [0.1, 0.15) is 13.8 Å². The predicted molar refractivity (Wildman–Crippen MR) is 92.4 cm³/mol. The Morgan fingerprint density at radius 1 is 0.857 bits per heavy atom. The van der Waals surface area contributed by atoms with Crippen molar-refractivity contribution >= 4 is 12.4 Å². The van der Waals surface area contributed by atoms with Gasteiger partial charge in [-0.2, -0.15) is 0 Å². The third-order valence-electron chi connectivity index (χ3n) is 3.53. The summed E-state index contributed by atoms with van der Waals surface area (Å²) in [4.78, 5) is 2.37. The first-order valence-electron chi connectivity index (χ1n) is 7.34. The van der Waals surface area contributed by atoms with Gasteiger partial charge < -0.3 is 9.64 Å². The first-order chi connectivity index (χ1) is 9.85. The number of likely N-dealkylation sites (N-methyl/N-ethyl adjacent to an activating group) is 1. The van der Waals surface area contributed by atoms with Gasteiger partial charge in [0.25, 0.3) is 0 Å². The first kappa shape index (κ1) is 17.5. The maximum Gasteiger partial charge on any atom is 0.127 e. The van der Waals surface area contributed by atoms with E-state index in [1.165, 1.54) is 5.56 Å². The van der Waals surface area contributed by atoms with Crippen LogP contribution in [0.15, 0.2) is 54.6 Å². The standard InChI is InChI=1S/C18H23NO.ClH/c1-3-19(4-2)14-15-20-18-13-9-8-12-17(18)16-10-6-5-7-11-16;/h5-13H,3-4,14-15H2,1-2H3;1H. The first-order valence-corrected chi connectivity index (χ1v) is 7.34. The lowest BCUT2D eigenvalue weighted by molar-refractivity contribution is 0.223. The number of hydrogen-bond acceptors (Lipinski definition) is 2. The van der Waals surface area contributed by atoms with Gasteiger partial charge in [0.05, 0.1) is 0 Å². The molecule has 0 atom stereocenters. The molecule has 2 aromatic carbocycles. The van der Waals surface area contributed by atoms with E-state index in [-0.39, 0.29) is 12.4 Å². The Kier molecular flexibility index (Phi) is 7.88. The summed E-state index contributed by atoms with van der Waals surface area (Å²) in [6.07, 6.45) is 0. The van der Waals surface area contributed by atoms with Gasteiger partial charge in [-0.15, -0.1) is 12.4 Å². The zero-order valence-electron chi connectivity index (χ0n) is 12.8. The SMILES string of the molecule is CCN(CC)CCOc1ccccc1-c1ccccc1.Cl. The van der Waals surface area contributed by atoms with Gasteiger partial charge in [0.2, 0.25) is 0 Å². The van der Waals surface area contributed by atoms with Gasteiger partial charge in [-0.3, -0.25) is 0 Å². The summed E-state index contributed by atoms with van der Waals surface area (Å²) in [7, 11) is 0. The summed E-state index contributed by atoms with van der Waals surface area (Å²) in [5.41, 5.74) is 2.36. The molecule has 0 unspecified atom stereocenters. The number of nitrogens with zero attached hydrogens (tertiary/aromatic N) is 1. The molecule has 0 aliphatic heterocycles. The van der Waals surface area contributed by atoms with E-state index in [9.17, 15) is 0 Å². The normalized spacial score (nSPS) is 10.2. The van der Waals surface area contributed by atoms with E-state index >= 15 is 0 Å². The average Bonchev–Trinajstić information content (AvgIpc) is 2.53. The fourth-order valence-corrected chi connectivity index (χ4v) is 2.27. The van der Waals surface area contributed by atoms with Crippen molar-refractivity contribution in [2.24, 2.45) is 0 Å². The second kappa shape index (κ2) is 9.43. The summed E-state index contributed by atoms with van der Waals surface area (Å²) >= 11 is 0. The molecule has 0 saturated heterocycles. The minimum atomic E-state index is 0. The van der Waals surface area contributed by atoms with Crippen LogP contribution in [0, 0.1) is 0 Å². The molecule has 0 bridgehead atoms. The van der Waals surface area contributed by atoms with Crippen molar-refractivity contribution in [1.29, 1.82) is 0 Å². The fourth-order valence-electron chi connectivity index (χ4n) is 2.27. The van der Waals surface area contributed by atoms with Crippen LogP contribution in [0.25, 0.3) is 11.1 Å². The highest BCUT2D eigenvalue weighted by Crippen LogP contribution is 2.29. The van der Waals surface area contributed by atoms with E-state index in [1.54, 1.807) is 0 Å². The van der Waals surface area contributed by atoms with Crippen molar-refractivity contribution in [3.8, 4) is 16.9 Å². The van der Waals surface area contributed by atoms with Crippen LogP contribution in [0.2, 0.25) is 0 Å². The van der Waals surface area contributed by atoms with Crippen molar-refractivity contribution in [3.05, 3.63) is 54.6 Å². The minimum Gasteiger partial charge on any atom is -0.492 e. The Morgan fingerprint density at radius 2 is 1.48 bits per heavy atom. The predicted octanol–water partition coefficient (Wildman–Crippen LogP) is 4.50. The van der Waals surface area contributed by atoms with Crippen molar-refractivity contribution in [3.63, 3.8) is 0 Å². The molecule has 0 radical (unpaired) electrons. The largest absolute Gasteiger partial charge is 0.492 e. The number of hydrogen-bond donors (Lipinski definition) is 0. The van der Waals surface area contributed by atoms with Crippen molar-refractivity contribution in [1.82, 2.24) is 4.90 Å². The van der Waals surface area contributed by atoms with E-state index in [0.717, 1.165) is 37.6 Å². The third kappa shape index (κ3) is 5.07. The van der Waals surface area contributed by atoms with Crippen LogP contribution in [-0.2, 0) is 0 Å². The van der Waals surface area contributed by atoms with Crippen LogP contribution >= 0.6 is 12.4 Å². The molecule has 0 amide bonds. The van der Waals surface area contributed by atoms with Gasteiger partial charge in [0, 0.05) is 12.1 Å². The minimum absolute atomic E-state index is 0. The lowest BCUT2D eigenvalue weighted by Crippen LogP contribution is -2.27. The molecule has 114 valence electrons. The Bertz CT molecular complexity index is 512. The van der Waals surface area contributed by atoms with Crippen LogP contribution < -0.4 is 4.74 Å². The summed E-state index contributed by atoms with van der Waals surface area (Å²) < 4.78 is 5.98. The number of ether oxygens (including phenoxy) is 1. The molecule has 0 N–H and O–H groups in total. The van der Waals surface area contributed by atoms with Gasteiger partial charge in [-0.25, -0.2) is 0 Å². The summed E-state index contributed by atoms with van der Waals surface area (Å²) in [5, 5.41) is 0. The van der Waals surface area contributed by atoms with E-state index in [1.807, 2.05) is 18.2 Å². The van der Waals surface area contributed by atoms with Crippen LogP contribution in [0.4, 0.5) is 0 Å². The van der Waals surface area contributed by atoms with Gasteiger partial charge in [0.1, 0.15) is 12.4 Å². The summed E-state index contributed by atoms with van der Waals surface area (Å²) in [6, 6.07) is 18.6. The molecule has 0 saturated carbocycles. The van der Waals surface area contributed by atoms with Crippen LogP contribution in [-0.4, -0.2) is 31.1 Å². The van der Waals surface area contributed by atoms with Crippen molar-refractivity contribution in [2.75, 3.05) is 26.2 Å². The van der Waals surface area contributed by atoms with E-state index in [2.05, 4.69) is 55.1 Å². The van der Waals surface area contributed by atoms with Crippen molar-refractivity contribution in [2.45, 2.75) is 13.8 Å². The van der Waals surface area contributed by atoms with Crippen LogP contribution in [0.5, 0.6) is 5.75 Å². The van der Waals surface area contributed by atoms with E-state index in [0.29, 0.717) is 0 Å². The quantitative estimate of drug-likeness (QED) is 0.747. The molecule has 2 aromatic rings. The smallest absolute Gasteiger partial charge is 0.127 e. The second-order valence-electron chi connectivity index (χ2n) is 4.74. The van der Waals surface area contributed by atoms with Crippen molar-refractivity contribution < 1.29 is 4.74 Å². The third-order valence-corrected chi connectivity index (χ3v) is 3.53. The highest BCUT2D eigenvalue weighted by Gasteiger charge is 2.06. The molecule has 0 spiro atoms. The number of para-hydroxylation sites is 1. The molecule has 0 heterocycles. The highest BCUT2D eigenvalue weighted by atomic mass is 35.5. The van der Waals surface area contributed by atoms with Gasteiger partial charge in [0.15, 0.2) is 0 Å². The van der Waals surface area contributed by atoms with Crippen LogP contribution in [0.3, 0.4) is 0 Å². The van der Waals surface area contributed by atoms with Gasteiger partial charge >= 0.3 is 0 Å². The van der Waals surface area contributed by atoms with Gasteiger partial charge in [-0.1, -0.05) is 62.4 Å². The molecule has 21 heavy (non-hydrogen) atoms. The number of halogens is 1. The molecule has 0 fully saturated rings. The monoisotopic (exact) mass is 305 g/mol. The maximum atomic E-state index is 5.98.